The summed E-state index contributed by atoms with van der Waals surface area (Å²) in [6.45, 7) is 11.5. The highest BCUT2D eigenvalue weighted by atomic mass is 32.1. The van der Waals surface area contributed by atoms with E-state index in [0.29, 0.717) is 11.5 Å². The molecule has 1 fully saturated rings. The summed E-state index contributed by atoms with van der Waals surface area (Å²) < 4.78 is 0. The summed E-state index contributed by atoms with van der Waals surface area (Å²) in [5, 5.41) is 0. The molecule has 1 aliphatic rings. The second-order valence-electron chi connectivity index (χ2n) is 6.70. The normalized spacial score (nSPS) is 23.2. The fourth-order valence-electron chi connectivity index (χ4n) is 3.20. The molecule has 0 radical (unpaired) electrons. The van der Waals surface area contributed by atoms with Crippen LogP contribution < -0.4 is 5.73 Å². The van der Waals surface area contributed by atoms with Crippen LogP contribution in [0.25, 0.3) is 0 Å². The first kappa shape index (κ1) is 15.0. The monoisotopic (exact) mass is 280 g/mol. The van der Waals surface area contributed by atoms with Crippen molar-refractivity contribution in [2.24, 2.45) is 11.1 Å². The lowest BCUT2D eigenvalue weighted by molar-refractivity contribution is 0.0672. The van der Waals surface area contributed by atoms with Crippen molar-refractivity contribution < 1.29 is 0 Å². The van der Waals surface area contributed by atoms with E-state index in [1.165, 1.54) is 35.7 Å². The average molecular weight is 280 g/mol. The number of aryl methyl sites for hydroxylation is 1. The topological polar surface area (TPSA) is 29.3 Å². The number of nitrogens with zero attached hydrogens (tertiary/aromatic N) is 1. The minimum absolute atomic E-state index is 0.243. The molecule has 108 valence electrons. The fourth-order valence-corrected chi connectivity index (χ4v) is 4.29. The maximum absolute atomic E-state index is 6.44. The molecule has 19 heavy (non-hydrogen) atoms. The number of thiophene rings is 1. The number of piperidine rings is 1. The minimum Gasteiger partial charge on any atom is -0.326 e. The lowest BCUT2D eigenvalue weighted by Gasteiger charge is -2.43. The van der Waals surface area contributed by atoms with Crippen LogP contribution in [-0.4, -0.2) is 24.0 Å². The molecule has 2 N–H and O–H groups in total. The van der Waals surface area contributed by atoms with E-state index in [9.17, 15) is 0 Å². The Kier molecular flexibility index (Phi) is 4.70. The third kappa shape index (κ3) is 3.59. The molecule has 1 saturated heterocycles. The second kappa shape index (κ2) is 5.94. The molecule has 3 heteroatoms. The summed E-state index contributed by atoms with van der Waals surface area (Å²) >= 11 is 1.91. The number of rotatable bonds is 4. The fraction of sp³-hybridized carbons (Fsp3) is 0.750. The van der Waals surface area contributed by atoms with Gasteiger partial charge in [0, 0.05) is 22.3 Å². The first-order valence-electron chi connectivity index (χ1n) is 7.49. The molecule has 2 heterocycles. The highest BCUT2D eigenvalue weighted by Crippen LogP contribution is 2.37. The third-order valence-corrected chi connectivity index (χ3v) is 5.32. The van der Waals surface area contributed by atoms with Crippen LogP contribution >= 0.6 is 11.3 Å². The van der Waals surface area contributed by atoms with E-state index in [4.69, 9.17) is 5.73 Å². The molecule has 0 amide bonds. The van der Waals surface area contributed by atoms with Crippen molar-refractivity contribution in [1.29, 1.82) is 0 Å². The van der Waals surface area contributed by atoms with Gasteiger partial charge in [0.15, 0.2) is 0 Å². The number of hydrogen-bond donors (Lipinski definition) is 1. The Balaban J connectivity index is 2.22. The standard InChI is InChI=1S/C16H28N2S/c1-5-13(17)15(14-8-7-12(2)19-14)18-10-6-9-16(3,4)11-18/h7-8,13,15H,5-6,9-11,17H2,1-4H3. The number of nitrogens with two attached hydrogens (primary N) is 1. The summed E-state index contributed by atoms with van der Waals surface area (Å²) in [6.07, 6.45) is 3.67. The largest absolute Gasteiger partial charge is 0.326 e. The molecule has 0 aromatic carbocycles. The van der Waals surface area contributed by atoms with E-state index >= 15 is 0 Å². The zero-order chi connectivity index (χ0) is 14.0. The molecule has 0 bridgehead atoms. The molecular formula is C16H28N2S. The van der Waals surface area contributed by atoms with Crippen LogP contribution in [0.3, 0.4) is 0 Å². The van der Waals surface area contributed by atoms with Crippen LogP contribution in [0.5, 0.6) is 0 Å². The Morgan fingerprint density at radius 2 is 2.16 bits per heavy atom. The molecule has 2 nitrogen and oxygen atoms in total. The Bertz CT molecular complexity index is 411. The van der Waals surface area contributed by atoms with Crippen LogP contribution in [0.1, 0.15) is 55.8 Å². The summed E-state index contributed by atoms with van der Waals surface area (Å²) in [5.41, 5.74) is 6.87. The minimum atomic E-state index is 0.243. The van der Waals surface area contributed by atoms with Crippen molar-refractivity contribution in [2.75, 3.05) is 13.1 Å². The first-order chi connectivity index (χ1) is 8.93. The lowest BCUT2D eigenvalue weighted by Crippen LogP contribution is -2.47. The smallest absolute Gasteiger partial charge is 0.0593 e. The van der Waals surface area contributed by atoms with E-state index < -0.39 is 0 Å². The van der Waals surface area contributed by atoms with Crippen molar-refractivity contribution >= 4 is 11.3 Å². The molecule has 1 aliphatic heterocycles. The Hall–Kier alpha value is -0.380. The van der Waals surface area contributed by atoms with Crippen LogP contribution in [-0.2, 0) is 0 Å². The molecule has 0 spiro atoms. The Morgan fingerprint density at radius 3 is 2.68 bits per heavy atom. The van der Waals surface area contributed by atoms with E-state index in [2.05, 4.69) is 44.7 Å². The predicted molar refractivity (Wildman–Crippen MR) is 84.7 cm³/mol. The maximum atomic E-state index is 6.44. The molecule has 0 saturated carbocycles. The maximum Gasteiger partial charge on any atom is 0.0593 e. The van der Waals surface area contributed by atoms with Gasteiger partial charge in [-0.15, -0.1) is 11.3 Å². The van der Waals surface area contributed by atoms with Gasteiger partial charge in [0.25, 0.3) is 0 Å². The van der Waals surface area contributed by atoms with E-state index in [1.54, 1.807) is 0 Å². The third-order valence-electron chi connectivity index (χ3n) is 4.25. The van der Waals surface area contributed by atoms with Gasteiger partial charge in [-0.05, 0) is 50.3 Å². The van der Waals surface area contributed by atoms with Gasteiger partial charge in [0.1, 0.15) is 0 Å². The zero-order valence-corrected chi connectivity index (χ0v) is 13.6. The zero-order valence-electron chi connectivity index (χ0n) is 12.8. The second-order valence-corrected chi connectivity index (χ2v) is 8.02. The van der Waals surface area contributed by atoms with Crippen LogP contribution in [0.2, 0.25) is 0 Å². The Morgan fingerprint density at radius 1 is 1.42 bits per heavy atom. The predicted octanol–water partition coefficient (Wildman–Crippen LogP) is 3.96. The molecule has 1 aromatic heterocycles. The van der Waals surface area contributed by atoms with Gasteiger partial charge in [0.2, 0.25) is 0 Å². The van der Waals surface area contributed by atoms with Gasteiger partial charge in [-0.25, -0.2) is 0 Å². The Labute approximate surface area is 122 Å². The van der Waals surface area contributed by atoms with Gasteiger partial charge in [-0.3, -0.25) is 4.90 Å². The molecule has 2 unspecified atom stereocenters. The average Bonchev–Trinajstić information content (AvgIpc) is 2.74. The van der Waals surface area contributed by atoms with Crippen molar-refractivity contribution in [3.8, 4) is 0 Å². The molecule has 0 aliphatic carbocycles. The molecule has 1 aromatic rings. The summed E-state index contributed by atoms with van der Waals surface area (Å²) in [5.74, 6) is 0. The summed E-state index contributed by atoms with van der Waals surface area (Å²) in [6, 6.07) is 5.15. The van der Waals surface area contributed by atoms with E-state index in [1.807, 2.05) is 11.3 Å². The SMILES string of the molecule is CCC(N)C(c1ccc(C)s1)N1CCCC(C)(C)C1. The van der Waals surface area contributed by atoms with Crippen LogP contribution in [0.15, 0.2) is 12.1 Å². The summed E-state index contributed by atoms with van der Waals surface area (Å²) in [7, 11) is 0. The van der Waals surface area contributed by atoms with Crippen molar-refractivity contribution in [2.45, 2.75) is 59.0 Å². The van der Waals surface area contributed by atoms with Gasteiger partial charge in [-0.1, -0.05) is 20.8 Å². The quantitative estimate of drug-likeness (QED) is 0.904. The molecular weight excluding hydrogens is 252 g/mol. The van der Waals surface area contributed by atoms with Crippen LogP contribution in [0, 0.1) is 12.3 Å². The highest BCUT2D eigenvalue weighted by Gasteiger charge is 2.34. The van der Waals surface area contributed by atoms with Gasteiger partial charge >= 0.3 is 0 Å². The number of likely N-dealkylation sites (tertiary alicyclic amines) is 1. The van der Waals surface area contributed by atoms with Gasteiger partial charge in [0.05, 0.1) is 6.04 Å². The number of hydrogen-bond acceptors (Lipinski definition) is 3. The van der Waals surface area contributed by atoms with Crippen molar-refractivity contribution in [3.05, 3.63) is 21.9 Å². The van der Waals surface area contributed by atoms with Gasteiger partial charge in [-0.2, -0.15) is 0 Å². The van der Waals surface area contributed by atoms with Gasteiger partial charge < -0.3 is 5.73 Å². The summed E-state index contributed by atoms with van der Waals surface area (Å²) in [4.78, 5) is 5.47. The van der Waals surface area contributed by atoms with Crippen molar-refractivity contribution in [1.82, 2.24) is 4.90 Å². The highest BCUT2D eigenvalue weighted by molar-refractivity contribution is 7.12. The first-order valence-corrected chi connectivity index (χ1v) is 8.30. The molecule has 2 rings (SSSR count). The van der Waals surface area contributed by atoms with Crippen molar-refractivity contribution in [3.63, 3.8) is 0 Å². The van der Waals surface area contributed by atoms with E-state index in [-0.39, 0.29) is 6.04 Å². The van der Waals surface area contributed by atoms with E-state index in [0.717, 1.165) is 6.42 Å². The molecule has 2 atom stereocenters. The lowest BCUT2D eigenvalue weighted by atomic mass is 9.83. The van der Waals surface area contributed by atoms with Crippen LogP contribution in [0.4, 0.5) is 0 Å².